The Balaban J connectivity index is 2.57. The Bertz CT molecular complexity index is 697. The minimum Gasteiger partial charge on any atom is -0.483 e. The van der Waals surface area contributed by atoms with E-state index in [4.69, 9.17) is 9.15 Å². The largest absolute Gasteiger partial charge is 0.483 e. The first kappa shape index (κ1) is 13.3. The number of ketones is 1. The Labute approximate surface area is 111 Å². The Hall–Kier alpha value is -2.10. The van der Waals surface area contributed by atoms with E-state index < -0.39 is 6.10 Å². The van der Waals surface area contributed by atoms with Crippen LogP contribution >= 0.6 is 0 Å². The second-order valence-corrected chi connectivity index (χ2v) is 4.68. The van der Waals surface area contributed by atoms with Crippen molar-refractivity contribution in [1.82, 2.24) is 0 Å². The summed E-state index contributed by atoms with van der Waals surface area (Å²) in [6.45, 7) is 6.84. The van der Waals surface area contributed by atoms with Crippen LogP contribution in [0.1, 0.15) is 25.0 Å². The van der Waals surface area contributed by atoms with Gasteiger partial charge in [-0.15, -0.1) is 0 Å². The number of aryl methyl sites for hydroxylation is 2. The quantitative estimate of drug-likeness (QED) is 0.796. The molecular weight excluding hydrogens is 244 g/mol. The average molecular weight is 260 g/mol. The summed E-state index contributed by atoms with van der Waals surface area (Å²) in [6.07, 6.45) is -0.521. The highest BCUT2D eigenvalue weighted by atomic mass is 16.5. The SMILES string of the molecule is CC(=O)C(C)Oc1ccc2c(C)cc(=O)oc2c1C. The van der Waals surface area contributed by atoms with E-state index in [1.807, 2.05) is 19.9 Å². The van der Waals surface area contributed by atoms with Crippen molar-refractivity contribution < 1.29 is 13.9 Å². The summed E-state index contributed by atoms with van der Waals surface area (Å²) in [5, 5.41) is 0.875. The molecule has 1 atom stereocenters. The zero-order chi connectivity index (χ0) is 14.2. The smallest absolute Gasteiger partial charge is 0.336 e. The molecule has 0 saturated heterocycles. The zero-order valence-electron chi connectivity index (χ0n) is 11.4. The number of Topliss-reactive ketones (excluding diaryl/α,β-unsaturated/α-hetero) is 1. The molecule has 2 rings (SSSR count). The molecule has 0 spiro atoms. The molecule has 4 nitrogen and oxygen atoms in total. The molecule has 1 heterocycles. The van der Waals surface area contributed by atoms with Crippen molar-refractivity contribution in [2.45, 2.75) is 33.8 Å². The van der Waals surface area contributed by atoms with Crippen molar-refractivity contribution in [3.05, 3.63) is 39.7 Å². The van der Waals surface area contributed by atoms with Crippen molar-refractivity contribution >= 4 is 16.8 Å². The maximum Gasteiger partial charge on any atom is 0.336 e. The summed E-state index contributed by atoms with van der Waals surface area (Å²) in [5.74, 6) is 0.508. The molecule has 1 aromatic carbocycles. The van der Waals surface area contributed by atoms with Crippen molar-refractivity contribution in [1.29, 1.82) is 0 Å². The molecule has 100 valence electrons. The highest BCUT2D eigenvalue weighted by molar-refractivity contribution is 5.85. The van der Waals surface area contributed by atoms with E-state index >= 15 is 0 Å². The van der Waals surface area contributed by atoms with E-state index in [1.54, 1.807) is 13.0 Å². The molecule has 0 bridgehead atoms. The Kier molecular flexibility index (Phi) is 3.42. The van der Waals surface area contributed by atoms with Gasteiger partial charge in [-0.05, 0) is 45.4 Å². The zero-order valence-corrected chi connectivity index (χ0v) is 11.4. The van der Waals surface area contributed by atoms with Gasteiger partial charge in [-0.3, -0.25) is 4.79 Å². The van der Waals surface area contributed by atoms with E-state index in [0.717, 1.165) is 16.5 Å². The fourth-order valence-corrected chi connectivity index (χ4v) is 1.90. The highest BCUT2D eigenvalue weighted by Crippen LogP contribution is 2.28. The second kappa shape index (κ2) is 4.88. The molecule has 0 saturated carbocycles. The first-order chi connectivity index (χ1) is 8.90. The standard InChI is InChI=1S/C15H16O4/c1-8-7-14(17)19-15-9(2)13(6-5-12(8)15)18-11(4)10(3)16/h5-7,11H,1-4H3. The molecule has 19 heavy (non-hydrogen) atoms. The van der Waals surface area contributed by atoms with Gasteiger partial charge in [0, 0.05) is 17.0 Å². The Morgan fingerprint density at radius 2 is 2.00 bits per heavy atom. The highest BCUT2D eigenvalue weighted by Gasteiger charge is 2.14. The van der Waals surface area contributed by atoms with E-state index in [1.165, 1.54) is 13.0 Å². The molecule has 0 N–H and O–H groups in total. The lowest BCUT2D eigenvalue weighted by Crippen LogP contribution is -2.21. The van der Waals surface area contributed by atoms with Crippen LogP contribution in [-0.4, -0.2) is 11.9 Å². The first-order valence-corrected chi connectivity index (χ1v) is 6.11. The van der Waals surface area contributed by atoms with Gasteiger partial charge in [0.05, 0.1) is 0 Å². The van der Waals surface area contributed by atoms with Gasteiger partial charge in [-0.25, -0.2) is 4.79 Å². The van der Waals surface area contributed by atoms with Crippen molar-refractivity contribution in [3.8, 4) is 5.75 Å². The van der Waals surface area contributed by atoms with E-state index in [2.05, 4.69) is 0 Å². The van der Waals surface area contributed by atoms with Gasteiger partial charge in [0.15, 0.2) is 11.9 Å². The monoisotopic (exact) mass is 260 g/mol. The van der Waals surface area contributed by atoms with E-state index in [9.17, 15) is 9.59 Å². The van der Waals surface area contributed by atoms with Gasteiger partial charge in [0.1, 0.15) is 11.3 Å². The number of ether oxygens (including phenoxy) is 1. The molecule has 0 aliphatic rings. The lowest BCUT2D eigenvalue weighted by Gasteiger charge is -2.15. The summed E-state index contributed by atoms with van der Waals surface area (Å²) in [6, 6.07) is 5.09. The van der Waals surface area contributed by atoms with Gasteiger partial charge in [0.25, 0.3) is 0 Å². The van der Waals surface area contributed by atoms with Crippen LogP contribution in [0.15, 0.2) is 27.4 Å². The van der Waals surface area contributed by atoms with Crippen LogP contribution in [0.4, 0.5) is 0 Å². The lowest BCUT2D eigenvalue weighted by molar-refractivity contribution is -0.122. The summed E-state index contributed by atoms with van der Waals surface area (Å²) < 4.78 is 10.8. The number of hydrogen-bond donors (Lipinski definition) is 0. The molecule has 0 radical (unpaired) electrons. The van der Waals surface area contributed by atoms with Crippen LogP contribution < -0.4 is 10.4 Å². The fourth-order valence-electron chi connectivity index (χ4n) is 1.90. The molecule has 2 aromatic rings. The third kappa shape index (κ3) is 2.52. The van der Waals surface area contributed by atoms with Crippen molar-refractivity contribution in [3.63, 3.8) is 0 Å². The number of benzene rings is 1. The average Bonchev–Trinajstić information content (AvgIpc) is 2.33. The Morgan fingerprint density at radius 3 is 2.63 bits per heavy atom. The van der Waals surface area contributed by atoms with Crippen LogP contribution in [0.5, 0.6) is 5.75 Å². The molecule has 0 amide bonds. The van der Waals surface area contributed by atoms with Gasteiger partial charge < -0.3 is 9.15 Å². The number of fused-ring (bicyclic) bond motifs is 1. The summed E-state index contributed by atoms with van der Waals surface area (Å²) in [4.78, 5) is 22.7. The van der Waals surface area contributed by atoms with Crippen LogP contribution in [0.25, 0.3) is 11.0 Å². The maximum atomic E-state index is 11.4. The second-order valence-electron chi connectivity index (χ2n) is 4.68. The predicted molar refractivity (Wildman–Crippen MR) is 72.7 cm³/mol. The first-order valence-electron chi connectivity index (χ1n) is 6.11. The lowest BCUT2D eigenvalue weighted by atomic mass is 10.1. The van der Waals surface area contributed by atoms with Gasteiger partial charge >= 0.3 is 5.63 Å². The van der Waals surface area contributed by atoms with Gasteiger partial charge in [-0.1, -0.05) is 0 Å². The van der Waals surface area contributed by atoms with Crippen LogP contribution in [0.3, 0.4) is 0 Å². The van der Waals surface area contributed by atoms with Crippen LogP contribution in [-0.2, 0) is 4.79 Å². The third-order valence-electron chi connectivity index (χ3n) is 3.19. The number of hydrogen-bond acceptors (Lipinski definition) is 4. The summed E-state index contributed by atoms with van der Waals surface area (Å²) in [5.41, 5.74) is 1.72. The minimum atomic E-state index is -0.521. The molecule has 0 fully saturated rings. The van der Waals surface area contributed by atoms with Crippen molar-refractivity contribution in [2.75, 3.05) is 0 Å². The molecule has 1 aromatic heterocycles. The summed E-state index contributed by atoms with van der Waals surface area (Å²) in [7, 11) is 0. The maximum absolute atomic E-state index is 11.4. The number of carbonyl (C=O) groups is 1. The predicted octanol–water partition coefficient (Wildman–Crippen LogP) is 2.77. The fraction of sp³-hybridized carbons (Fsp3) is 0.333. The van der Waals surface area contributed by atoms with Gasteiger partial charge in [0.2, 0.25) is 0 Å². The van der Waals surface area contributed by atoms with Gasteiger partial charge in [-0.2, -0.15) is 0 Å². The number of rotatable bonds is 3. The number of carbonyl (C=O) groups excluding carboxylic acids is 1. The minimum absolute atomic E-state index is 0.0507. The Morgan fingerprint density at radius 1 is 1.32 bits per heavy atom. The molecular formula is C15H16O4. The van der Waals surface area contributed by atoms with Crippen LogP contribution in [0, 0.1) is 13.8 Å². The van der Waals surface area contributed by atoms with Crippen LogP contribution in [0.2, 0.25) is 0 Å². The molecule has 0 aliphatic carbocycles. The van der Waals surface area contributed by atoms with E-state index in [0.29, 0.717) is 11.3 Å². The molecule has 1 unspecified atom stereocenters. The van der Waals surface area contributed by atoms with E-state index in [-0.39, 0.29) is 11.4 Å². The van der Waals surface area contributed by atoms with Crippen molar-refractivity contribution in [2.24, 2.45) is 0 Å². The molecule has 0 aliphatic heterocycles. The normalized spacial score (nSPS) is 12.4. The topological polar surface area (TPSA) is 56.5 Å². The summed E-state index contributed by atoms with van der Waals surface area (Å²) >= 11 is 0. The molecule has 4 heteroatoms. The third-order valence-corrected chi connectivity index (χ3v) is 3.19.